The molecule has 92 valence electrons. The third-order valence-corrected chi connectivity index (χ3v) is 3.01. The predicted octanol–water partition coefficient (Wildman–Crippen LogP) is 0.891. The second-order valence-corrected chi connectivity index (χ2v) is 4.96. The van der Waals surface area contributed by atoms with Crippen molar-refractivity contribution < 1.29 is 27.3 Å². The van der Waals surface area contributed by atoms with Crippen molar-refractivity contribution in [2.45, 2.75) is 6.92 Å². The molecule has 0 saturated carbocycles. The Kier molecular flexibility index (Phi) is 3.84. The molecule has 1 aromatic carbocycles. The topological polar surface area (TPSA) is 97.7 Å². The van der Waals surface area contributed by atoms with Crippen LogP contribution in [0.3, 0.4) is 0 Å². The molecule has 1 rings (SSSR count). The maximum Gasteiger partial charge on any atom is 0.353 e. The first-order chi connectivity index (χ1) is 7.85. The number of hydrogen-bond donors (Lipinski definition) is 1. The number of carbonyl (C=O) groups is 2. The third kappa shape index (κ3) is 3.56. The lowest BCUT2D eigenvalue weighted by atomic mass is 10.1. The van der Waals surface area contributed by atoms with Crippen LogP contribution in [0.2, 0.25) is 0 Å². The number of aromatic carboxylic acids is 1. The minimum Gasteiger partial charge on any atom is -0.478 e. The van der Waals surface area contributed by atoms with E-state index in [1.54, 1.807) is 0 Å². The van der Waals surface area contributed by atoms with Crippen LogP contribution in [0, 0.1) is 0 Å². The first-order valence-electron chi connectivity index (χ1n) is 4.65. The van der Waals surface area contributed by atoms with E-state index in [4.69, 9.17) is 5.11 Å². The van der Waals surface area contributed by atoms with Crippen LogP contribution < -0.4 is 0 Å². The van der Waals surface area contributed by atoms with Crippen molar-refractivity contribution in [3.05, 3.63) is 35.4 Å². The summed E-state index contributed by atoms with van der Waals surface area (Å²) in [5, 5.41) is 8.70. The fourth-order valence-electron chi connectivity index (χ4n) is 1.00. The fraction of sp³-hybridized carbons (Fsp3) is 0.200. The van der Waals surface area contributed by atoms with E-state index in [1.807, 2.05) is 0 Å². The summed E-state index contributed by atoms with van der Waals surface area (Å²) in [6.07, 6.45) is 0. The highest BCUT2D eigenvalue weighted by Gasteiger charge is 2.17. The third-order valence-electron chi connectivity index (χ3n) is 1.90. The molecule has 0 heterocycles. The van der Waals surface area contributed by atoms with Crippen molar-refractivity contribution in [1.82, 2.24) is 0 Å². The van der Waals surface area contributed by atoms with Crippen molar-refractivity contribution in [3.63, 3.8) is 0 Å². The predicted molar refractivity (Wildman–Crippen MR) is 58.3 cm³/mol. The van der Waals surface area contributed by atoms with Gasteiger partial charge in [0.05, 0.1) is 16.9 Å². The number of hydrogen-bond acceptors (Lipinski definition) is 5. The van der Waals surface area contributed by atoms with Crippen molar-refractivity contribution in [3.8, 4) is 0 Å². The quantitative estimate of drug-likeness (QED) is 0.805. The zero-order valence-electron chi connectivity index (χ0n) is 8.91. The van der Waals surface area contributed by atoms with Gasteiger partial charge in [0.25, 0.3) is 0 Å². The smallest absolute Gasteiger partial charge is 0.353 e. The highest BCUT2D eigenvalue weighted by molar-refractivity contribution is 7.87. The maximum absolute atomic E-state index is 11.4. The van der Waals surface area contributed by atoms with E-state index in [1.165, 1.54) is 25.1 Å². The standard InChI is InChI=1S/C10H10O6S/c1-2-17(14,15)16-10(13)8-5-3-4-7(6-8)9(11)12/h3-6H,2H2,1H3,(H,11,12). The summed E-state index contributed by atoms with van der Waals surface area (Å²) in [5.74, 6) is -2.63. The van der Waals surface area contributed by atoms with E-state index < -0.39 is 22.1 Å². The zero-order chi connectivity index (χ0) is 13.1. The van der Waals surface area contributed by atoms with Crippen LogP contribution in [0.4, 0.5) is 0 Å². The fourth-order valence-corrected chi connectivity index (χ4v) is 1.45. The molecule has 0 bridgehead atoms. The van der Waals surface area contributed by atoms with E-state index in [-0.39, 0.29) is 16.9 Å². The average molecular weight is 258 g/mol. The van der Waals surface area contributed by atoms with Gasteiger partial charge < -0.3 is 9.29 Å². The molecule has 6 nitrogen and oxygen atoms in total. The Hall–Kier alpha value is -1.89. The molecule has 0 spiro atoms. The highest BCUT2D eigenvalue weighted by Crippen LogP contribution is 2.08. The molecule has 7 heteroatoms. The number of carbonyl (C=O) groups excluding carboxylic acids is 1. The molecule has 1 aromatic rings. The minimum absolute atomic E-state index is 0.117. The van der Waals surface area contributed by atoms with Gasteiger partial charge in [0.1, 0.15) is 0 Å². The second kappa shape index (κ2) is 4.96. The number of rotatable bonds is 4. The van der Waals surface area contributed by atoms with Gasteiger partial charge in [-0.05, 0) is 25.1 Å². The van der Waals surface area contributed by atoms with Crippen molar-refractivity contribution in [2.24, 2.45) is 0 Å². The Bertz CT molecular complexity index is 546. The van der Waals surface area contributed by atoms with Crippen molar-refractivity contribution in [1.29, 1.82) is 0 Å². The molecule has 0 aliphatic carbocycles. The first kappa shape index (κ1) is 13.2. The summed E-state index contributed by atoms with van der Waals surface area (Å²) < 4.78 is 26.3. The van der Waals surface area contributed by atoms with Gasteiger partial charge in [0, 0.05) is 0 Å². The van der Waals surface area contributed by atoms with E-state index in [9.17, 15) is 18.0 Å². The van der Waals surface area contributed by atoms with E-state index >= 15 is 0 Å². The van der Waals surface area contributed by atoms with Gasteiger partial charge >= 0.3 is 22.1 Å². The molecule has 0 atom stereocenters. The molecule has 0 saturated heterocycles. The molecule has 1 N–H and O–H groups in total. The number of carboxylic acids is 1. The summed E-state index contributed by atoms with van der Waals surface area (Å²) in [4.78, 5) is 22.0. The van der Waals surface area contributed by atoms with Crippen LogP contribution in [0.15, 0.2) is 24.3 Å². The Morgan fingerprint density at radius 1 is 1.29 bits per heavy atom. The van der Waals surface area contributed by atoms with Gasteiger partial charge in [-0.1, -0.05) is 6.07 Å². The van der Waals surface area contributed by atoms with Crippen LogP contribution in [0.25, 0.3) is 0 Å². The molecule has 0 fully saturated rings. The zero-order valence-corrected chi connectivity index (χ0v) is 9.73. The molecule has 0 aromatic heterocycles. The molecule has 17 heavy (non-hydrogen) atoms. The number of carboxylic acid groups (broad SMARTS) is 1. The Labute approximate surface area is 98.0 Å². The summed E-state index contributed by atoms with van der Waals surface area (Å²) in [7, 11) is -3.90. The second-order valence-electron chi connectivity index (χ2n) is 3.10. The summed E-state index contributed by atoms with van der Waals surface area (Å²) >= 11 is 0. The van der Waals surface area contributed by atoms with Gasteiger partial charge in [0.15, 0.2) is 0 Å². The summed E-state index contributed by atoms with van der Waals surface area (Å²) in [6, 6.07) is 4.95. The molecule has 0 amide bonds. The van der Waals surface area contributed by atoms with Gasteiger partial charge in [-0.2, -0.15) is 8.42 Å². The lowest BCUT2D eigenvalue weighted by Crippen LogP contribution is -2.15. The normalized spacial score (nSPS) is 10.9. The lowest BCUT2D eigenvalue weighted by Gasteiger charge is -2.03. The highest BCUT2D eigenvalue weighted by atomic mass is 32.2. The van der Waals surface area contributed by atoms with Crippen LogP contribution in [0.5, 0.6) is 0 Å². The van der Waals surface area contributed by atoms with Gasteiger partial charge in [-0.25, -0.2) is 9.59 Å². The minimum atomic E-state index is -3.90. The average Bonchev–Trinajstić information content (AvgIpc) is 2.28. The van der Waals surface area contributed by atoms with E-state index in [0.29, 0.717) is 0 Å². The Morgan fingerprint density at radius 3 is 2.41 bits per heavy atom. The summed E-state index contributed by atoms with van der Waals surface area (Å²) in [5.41, 5.74) is -0.240. The van der Waals surface area contributed by atoms with Gasteiger partial charge in [0.2, 0.25) is 0 Å². The maximum atomic E-state index is 11.4. The van der Waals surface area contributed by atoms with E-state index in [2.05, 4.69) is 4.18 Å². The molecule has 0 radical (unpaired) electrons. The largest absolute Gasteiger partial charge is 0.478 e. The molecule has 0 aliphatic heterocycles. The Morgan fingerprint density at radius 2 is 1.88 bits per heavy atom. The monoisotopic (exact) mass is 258 g/mol. The van der Waals surface area contributed by atoms with Crippen molar-refractivity contribution in [2.75, 3.05) is 5.75 Å². The SMILES string of the molecule is CCS(=O)(=O)OC(=O)c1cccc(C(=O)O)c1. The first-order valence-corrected chi connectivity index (χ1v) is 6.23. The van der Waals surface area contributed by atoms with Crippen LogP contribution in [-0.4, -0.2) is 31.2 Å². The lowest BCUT2D eigenvalue weighted by molar-refractivity contribution is 0.0697. The molecular weight excluding hydrogens is 248 g/mol. The summed E-state index contributed by atoms with van der Waals surface area (Å²) in [6.45, 7) is 1.33. The molecule has 0 unspecified atom stereocenters. The van der Waals surface area contributed by atoms with Gasteiger partial charge in [-0.15, -0.1) is 0 Å². The Balaban J connectivity index is 2.98. The number of benzene rings is 1. The van der Waals surface area contributed by atoms with Crippen molar-refractivity contribution >= 4 is 22.1 Å². The van der Waals surface area contributed by atoms with Crippen LogP contribution in [0.1, 0.15) is 27.6 Å². The molecular formula is C10H10O6S. The van der Waals surface area contributed by atoms with E-state index in [0.717, 1.165) is 6.07 Å². The molecule has 0 aliphatic rings. The van der Waals surface area contributed by atoms with Gasteiger partial charge in [-0.3, -0.25) is 0 Å². The van der Waals surface area contributed by atoms with Crippen LogP contribution >= 0.6 is 0 Å². The van der Waals surface area contributed by atoms with Crippen LogP contribution in [-0.2, 0) is 14.3 Å².